The molecule has 0 saturated carbocycles. The molecule has 0 aliphatic heterocycles. The van der Waals surface area contributed by atoms with Crippen LogP contribution in [0.5, 0.6) is 0 Å². The zero-order chi connectivity index (χ0) is 12.5. The maximum Gasteiger partial charge on any atom is 0.160 e. The molecule has 0 atom stereocenters. The largest absolute Gasteiger partial charge is 0.285 e. The number of halogens is 1. The van der Waals surface area contributed by atoms with E-state index in [1.807, 2.05) is 22.7 Å². The topological polar surface area (TPSA) is 30.2 Å². The molecule has 3 nitrogen and oxygen atoms in total. The van der Waals surface area contributed by atoms with Crippen molar-refractivity contribution in [1.82, 2.24) is 14.6 Å². The summed E-state index contributed by atoms with van der Waals surface area (Å²) in [5.74, 6) is 0.955. The van der Waals surface area contributed by atoms with Gasteiger partial charge in [0.1, 0.15) is 5.82 Å². The molecule has 0 aliphatic rings. The third kappa shape index (κ3) is 2.16. The smallest absolute Gasteiger partial charge is 0.160 e. The summed E-state index contributed by atoms with van der Waals surface area (Å²) in [5.41, 5.74) is 3.40. The van der Waals surface area contributed by atoms with Gasteiger partial charge in [-0.05, 0) is 40.5 Å². The number of aryl methyl sites for hydroxylation is 1. The van der Waals surface area contributed by atoms with Gasteiger partial charge >= 0.3 is 0 Å². The Hall–Kier alpha value is -1.68. The molecule has 90 valence electrons. The van der Waals surface area contributed by atoms with Crippen LogP contribution in [0.4, 0.5) is 0 Å². The lowest BCUT2D eigenvalue weighted by atomic mass is 10.1. The van der Waals surface area contributed by atoms with Crippen LogP contribution in [-0.2, 0) is 6.42 Å². The molecule has 4 heteroatoms. The molecule has 0 unspecified atom stereocenters. The second-order valence-electron chi connectivity index (χ2n) is 4.36. The highest BCUT2D eigenvalue weighted by molar-refractivity contribution is 9.10. The molecular formula is C14H12BrN3. The van der Waals surface area contributed by atoms with Crippen LogP contribution in [0, 0.1) is 6.92 Å². The van der Waals surface area contributed by atoms with Crippen LogP contribution in [0.25, 0.3) is 5.65 Å². The van der Waals surface area contributed by atoms with Crippen molar-refractivity contribution in [1.29, 1.82) is 0 Å². The van der Waals surface area contributed by atoms with Gasteiger partial charge in [-0.2, -0.15) is 0 Å². The number of hydrogen-bond donors (Lipinski definition) is 0. The number of rotatable bonds is 2. The van der Waals surface area contributed by atoms with Gasteiger partial charge in [0, 0.05) is 17.1 Å². The predicted octanol–water partition coefficient (Wildman–Crippen LogP) is 3.39. The Kier molecular flexibility index (Phi) is 2.88. The number of nitrogens with zero attached hydrogens (tertiary/aromatic N) is 3. The van der Waals surface area contributed by atoms with Gasteiger partial charge in [-0.15, -0.1) is 10.2 Å². The number of benzene rings is 1. The summed E-state index contributed by atoms with van der Waals surface area (Å²) in [7, 11) is 0. The van der Waals surface area contributed by atoms with Crippen LogP contribution in [0.3, 0.4) is 0 Å². The molecule has 18 heavy (non-hydrogen) atoms. The average molecular weight is 302 g/mol. The first-order valence-corrected chi connectivity index (χ1v) is 6.56. The Morgan fingerprint density at radius 3 is 2.89 bits per heavy atom. The van der Waals surface area contributed by atoms with E-state index in [4.69, 9.17) is 0 Å². The van der Waals surface area contributed by atoms with Gasteiger partial charge in [0.25, 0.3) is 0 Å². The van der Waals surface area contributed by atoms with Gasteiger partial charge < -0.3 is 0 Å². The number of hydrogen-bond acceptors (Lipinski definition) is 2. The van der Waals surface area contributed by atoms with Crippen LogP contribution in [0.15, 0.2) is 47.1 Å². The van der Waals surface area contributed by atoms with E-state index in [2.05, 4.69) is 57.3 Å². The van der Waals surface area contributed by atoms with Crippen molar-refractivity contribution in [3.05, 3.63) is 64.0 Å². The third-order valence-corrected chi connectivity index (χ3v) is 3.35. The fourth-order valence-corrected chi connectivity index (χ4v) is 2.37. The van der Waals surface area contributed by atoms with Crippen LogP contribution in [0.2, 0.25) is 0 Å². The summed E-state index contributed by atoms with van der Waals surface area (Å²) < 4.78 is 3.05. The van der Waals surface area contributed by atoms with E-state index < -0.39 is 0 Å². The Balaban J connectivity index is 2.02. The Bertz CT molecular complexity index is 703. The zero-order valence-electron chi connectivity index (χ0n) is 9.97. The van der Waals surface area contributed by atoms with Gasteiger partial charge in [-0.25, -0.2) is 0 Å². The summed E-state index contributed by atoms with van der Waals surface area (Å²) in [6, 6.07) is 12.4. The molecule has 0 radical (unpaired) electrons. The third-order valence-electron chi connectivity index (χ3n) is 2.88. The van der Waals surface area contributed by atoms with E-state index in [9.17, 15) is 0 Å². The number of fused-ring (bicyclic) bond motifs is 1. The van der Waals surface area contributed by atoms with E-state index in [0.29, 0.717) is 0 Å². The Labute approximate surface area is 114 Å². The molecule has 0 saturated heterocycles. The first-order valence-electron chi connectivity index (χ1n) is 5.77. The summed E-state index contributed by atoms with van der Waals surface area (Å²) >= 11 is 3.47. The minimum atomic E-state index is 0.791. The Morgan fingerprint density at radius 2 is 2.06 bits per heavy atom. The highest BCUT2D eigenvalue weighted by Crippen LogP contribution is 2.15. The molecule has 0 N–H and O–H groups in total. The van der Waals surface area contributed by atoms with Crippen LogP contribution >= 0.6 is 15.9 Å². The normalized spacial score (nSPS) is 11.0. The van der Waals surface area contributed by atoms with Crippen molar-refractivity contribution < 1.29 is 0 Å². The molecule has 0 spiro atoms. The quantitative estimate of drug-likeness (QED) is 0.726. The summed E-state index contributed by atoms with van der Waals surface area (Å²) in [6.07, 6.45) is 2.79. The van der Waals surface area contributed by atoms with Crippen LogP contribution in [-0.4, -0.2) is 14.6 Å². The van der Waals surface area contributed by atoms with Gasteiger partial charge in [0.15, 0.2) is 5.65 Å². The van der Waals surface area contributed by atoms with E-state index in [1.54, 1.807) is 0 Å². The lowest BCUT2D eigenvalue weighted by Gasteiger charge is -2.02. The lowest BCUT2D eigenvalue weighted by molar-refractivity contribution is 0.932. The molecular weight excluding hydrogens is 290 g/mol. The van der Waals surface area contributed by atoms with Gasteiger partial charge in [0.05, 0.1) is 0 Å². The molecule has 0 fully saturated rings. The molecule has 1 aromatic carbocycles. The highest BCUT2D eigenvalue weighted by atomic mass is 79.9. The average Bonchev–Trinajstić information content (AvgIpc) is 2.72. The fraction of sp³-hybridized carbons (Fsp3) is 0.143. The fourth-order valence-electron chi connectivity index (χ4n) is 2.04. The maximum absolute atomic E-state index is 4.25. The van der Waals surface area contributed by atoms with E-state index in [1.165, 1.54) is 11.1 Å². The van der Waals surface area contributed by atoms with E-state index in [-0.39, 0.29) is 0 Å². The summed E-state index contributed by atoms with van der Waals surface area (Å²) in [5, 5.41) is 8.42. The van der Waals surface area contributed by atoms with Crippen molar-refractivity contribution in [2.75, 3.05) is 0 Å². The monoisotopic (exact) mass is 301 g/mol. The van der Waals surface area contributed by atoms with Crippen molar-refractivity contribution >= 4 is 21.6 Å². The Morgan fingerprint density at radius 1 is 1.17 bits per heavy atom. The number of aromatic nitrogens is 3. The summed E-state index contributed by atoms with van der Waals surface area (Å²) in [4.78, 5) is 0. The second-order valence-corrected chi connectivity index (χ2v) is 5.27. The SMILES string of the molecule is Cc1cccc(Cc2nnc3ccc(Br)cn23)c1. The molecule has 0 amide bonds. The van der Waals surface area contributed by atoms with Gasteiger partial charge in [0.2, 0.25) is 0 Å². The van der Waals surface area contributed by atoms with Crippen LogP contribution < -0.4 is 0 Å². The summed E-state index contributed by atoms with van der Waals surface area (Å²) in [6.45, 7) is 2.10. The first-order chi connectivity index (χ1) is 8.72. The molecule has 3 aromatic rings. The molecule has 2 heterocycles. The van der Waals surface area contributed by atoms with Crippen LogP contribution in [0.1, 0.15) is 17.0 Å². The van der Waals surface area contributed by atoms with Gasteiger partial charge in [-0.3, -0.25) is 4.40 Å². The zero-order valence-corrected chi connectivity index (χ0v) is 11.6. The molecule has 0 aliphatic carbocycles. The first kappa shape index (κ1) is 11.4. The maximum atomic E-state index is 4.25. The van der Waals surface area contributed by atoms with E-state index >= 15 is 0 Å². The molecule has 2 aromatic heterocycles. The van der Waals surface area contributed by atoms with Crippen molar-refractivity contribution in [3.8, 4) is 0 Å². The van der Waals surface area contributed by atoms with Crippen molar-refractivity contribution in [2.24, 2.45) is 0 Å². The molecule has 3 rings (SSSR count). The standard InChI is InChI=1S/C14H12BrN3/c1-10-3-2-4-11(7-10)8-14-17-16-13-6-5-12(15)9-18(13)14/h2-7,9H,8H2,1H3. The lowest BCUT2D eigenvalue weighted by Crippen LogP contribution is -1.96. The molecule has 0 bridgehead atoms. The minimum absolute atomic E-state index is 0.791. The minimum Gasteiger partial charge on any atom is -0.285 e. The number of pyridine rings is 1. The predicted molar refractivity (Wildman–Crippen MR) is 74.7 cm³/mol. The van der Waals surface area contributed by atoms with Crippen molar-refractivity contribution in [2.45, 2.75) is 13.3 Å². The van der Waals surface area contributed by atoms with Crippen molar-refractivity contribution in [3.63, 3.8) is 0 Å². The second kappa shape index (κ2) is 4.53. The van der Waals surface area contributed by atoms with Gasteiger partial charge in [-0.1, -0.05) is 29.8 Å². The van der Waals surface area contributed by atoms with E-state index in [0.717, 1.165) is 22.4 Å². The highest BCUT2D eigenvalue weighted by Gasteiger charge is 2.06.